The molecule has 31 heavy (non-hydrogen) atoms. The van der Waals surface area contributed by atoms with Crippen LogP contribution in [0.2, 0.25) is 5.02 Å². The Balaban J connectivity index is 1.37. The van der Waals surface area contributed by atoms with Gasteiger partial charge >= 0.3 is 0 Å². The van der Waals surface area contributed by atoms with Crippen LogP contribution in [0.5, 0.6) is 5.75 Å². The zero-order chi connectivity index (χ0) is 21.5. The van der Waals surface area contributed by atoms with Crippen LogP contribution in [0.25, 0.3) is 5.65 Å². The van der Waals surface area contributed by atoms with Crippen molar-refractivity contribution >= 4 is 28.9 Å². The second-order valence-electron chi connectivity index (χ2n) is 7.98. The Hall–Kier alpha value is -3.19. The first-order valence-electron chi connectivity index (χ1n) is 10.3. The highest BCUT2D eigenvalue weighted by atomic mass is 35.5. The molecule has 0 bridgehead atoms. The molecule has 0 aliphatic carbocycles. The normalized spacial score (nSPS) is 20.9. The number of rotatable bonds is 2. The van der Waals surface area contributed by atoms with Crippen molar-refractivity contribution in [1.82, 2.24) is 14.3 Å². The molecule has 1 saturated heterocycles. The van der Waals surface area contributed by atoms with Crippen molar-refractivity contribution in [2.24, 2.45) is 5.92 Å². The summed E-state index contributed by atoms with van der Waals surface area (Å²) < 4.78 is 7.49. The van der Waals surface area contributed by atoms with Gasteiger partial charge in [0.25, 0.3) is 11.5 Å². The fraction of sp³-hybridized carbons (Fsp3) is 0.304. The predicted octanol–water partition coefficient (Wildman–Crippen LogP) is 3.23. The van der Waals surface area contributed by atoms with Crippen molar-refractivity contribution < 1.29 is 14.3 Å². The maximum Gasteiger partial charge on any atom is 0.270 e. The number of ether oxygens (including phenoxy) is 1. The molecule has 1 amide bonds. The second kappa shape index (κ2) is 7.81. The minimum atomic E-state index is -0.382. The van der Waals surface area contributed by atoms with Gasteiger partial charge in [-0.1, -0.05) is 17.7 Å². The van der Waals surface area contributed by atoms with Crippen molar-refractivity contribution in [3.8, 4) is 5.75 Å². The highest BCUT2D eigenvalue weighted by Gasteiger charge is 2.36. The third-order valence-corrected chi connectivity index (χ3v) is 6.26. The second-order valence-corrected chi connectivity index (χ2v) is 8.42. The molecule has 0 radical (unpaired) electrons. The molecular formula is C23H20ClN3O4. The van der Waals surface area contributed by atoms with E-state index in [-0.39, 0.29) is 41.3 Å². The molecule has 7 nitrogen and oxygen atoms in total. The van der Waals surface area contributed by atoms with Gasteiger partial charge in [0.15, 0.2) is 5.78 Å². The van der Waals surface area contributed by atoms with Gasteiger partial charge in [0.05, 0.1) is 5.56 Å². The van der Waals surface area contributed by atoms with Crippen LogP contribution in [0.1, 0.15) is 40.0 Å². The number of ketones is 1. The van der Waals surface area contributed by atoms with Crippen LogP contribution in [-0.2, 0) is 0 Å². The third kappa shape index (κ3) is 3.59. The molecule has 1 fully saturated rings. The molecular weight excluding hydrogens is 418 g/mol. The molecule has 2 aliphatic heterocycles. The molecule has 1 aromatic carbocycles. The summed E-state index contributed by atoms with van der Waals surface area (Å²) in [4.78, 5) is 44.5. The highest BCUT2D eigenvalue weighted by Crippen LogP contribution is 2.34. The molecule has 2 aromatic heterocycles. The van der Waals surface area contributed by atoms with E-state index in [2.05, 4.69) is 4.98 Å². The third-order valence-electron chi connectivity index (χ3n) is 6.02. The minimum Gasteiger partial charge on any atom is -0.489 e. The number of piperidine rings is 1. The SMILES string of the molecule is O=C1C[C@H]([C@H]2CCCN(C(=O)c3cnc4ccccn4c3=O)C2)Oc2ccc(Cl)cc21. The molecule has 5 rings (SSSR count). The first kappa shape index (κ1) is 19.8. The topological polar surface area (TPSA) is 81.0 Å². The number of pyridine rings is 1. The summed E-state index contributed by atoms with van der Waals surface area (Å²) in [7, 11) is 0. The first-order chi connectivity index (χ1) is 15.0. The summed E-state index contributed by atoms with van der Waals surface area (Å²) in [6.45, 7) is 0.982. The van der Waals surface area contributed by atoms with Crippen molar-refractivity contribution in [1.29, 1.82) is 0 Å². The summed E-state index contributed by atoms with van der Waals surface area (Å²) in [6, 6.07) is 10.3. The van der Waals surface area contributed by atoms with Gasteiger partial charge < -0.3 is 9.64 Å². The number of halogens is 1. The largest absolute Gasteiger partial charge is 0.489 e. The van der Waals surface area contributed by atoms with Crippen molar-refractivity contribution in [2.75, 3.05) is 13.1 Å². The number of Topliss-reactive ketones (excluding diaryl/α,β-unsaturated/α-hetero) is 1. The molecule has 2 aliphatic rings. The number of aromatic nitrogens is 2. The van der Waals surface area contributed by atoms with Gasteiger partial charge in [0, 0.05) is 42.8 Å². The van der Waals surface area contributed by atoms with E-state index in [1.807, 2.05) is 0 Å². The number of hydrogen-bond donors (Lipinski definition) is 0. The maximum absolute atomic E-state index is 13.1. The van der Waals surface area contributed by atoms with E-state index in [0.717, 1.165) is 12.8 Å². The van der Waals surface area contributed by atoms with Gasteiger partial charge in [0.1, 0.15) is 23.1 Å². The number of nitrogens with zero attached hydrogens (tertiary/aromatic N) is 3. The molecule has 4 heterocycles. The van der Waals surface area contributed by atoms with Gasteiger partial charge in [-0.05, 0) is 43.2 Å². The smallest absolute Gasteiger partial charge is 0.270 e. The molecule has 8 heteroatoms. The Labute approximate surface area is 183 Å². The van der Waals surface area contributed by atoms with Crippen LogP contribution in [0.4, 0.5) is 0 Å². The number of benzene rings is 1. The molecule has 158 valence electrons. The maximum atomic E-state index is 13.1. The van der Waals surface area contributed by atoms with E-state index in [1.54, 1.807) is 47.5 Å². The van der Waals surface area contributed by atoms with Crippen LogP contribution in [0.3, 0.4) is 0 Å². The van der Waals surface area contributed by atoms with Gasteiger partial charge in [-0.2, -0.15) is 0 Å². The summed E-state index contributed by atoms with van der Waals surface area (Å²) in [5, 5.41) is 0.499. The molecule has 0 spiro atoms. The van der Waals surface area contributed by atoms with E-state index in [0.29, 0.717) is 35.1 Å². The fourth-order valence-electron chi connectivity index (χ4n) is 4.42. The lowest BCUT2D eigenvalue weighted by atomic mass is 9.86. The Morgan fingerprint density at radius 1 is 1.19 bits per heavy atom. The Morgan fingerprint density at radius 2 is 2.06 bits per heavy atom. The molecule has 3 aromatic rings. The lowest BCUT2D eigenvalue weighted by molar-refractivity contribution is 0.0408. The standard InChI is InChI=1S/C23H20ClN3O4/c24-15-6-7-19-16(10-15)18(28)11-20(31-19)14-4-3-8-26(13-14)22(29)17-12-25-21-5-1-2-9-27(21)23(17)30/h1-2,5-7,9-10,12,14,20H,3-4,8,11,13H2/t14-,20+/m0/s1. The number of carbonyl (C=O) groups excluding carboxylic acids is 2. The van der Waals surface area contributed by atoms with E-state index < -0.39 is 0 Å². The van der Waals surface area contributed by atoms with E-state index in [9.17, 15) is 14.4 Å². The number of fused-ring (bicyclic) bond motifs is 2. The Bertz CT molecular complexity index is 1260. The fourth-order valence-corrected chi connectivity index (χ4v) is 4.60. The number of hydrogen-bond acceptors (Lipinski definition) is 5. The number of carbonyl (C=O) groups is 2. The highest BCUT2D eigenvalue weighted by molar-refractivity contribution is 6.31. The van der Waals surface area contributed by atoms with Gasteiger partial charge in [-0.15, -0.1) is 0 Å². The van der Waals surface area contributed by atoms with Crippen LogP contribution in [0, 0.1) is 5.92 Å². The summed E-state index contributed by atoms with van der Waals surface area (Å²) >= 11 is 6.00. The van der Waals surface area contributed by atoms with Crippen LogP contribution >= 0.6 is 11.6 Å². The molecule has 0 saturated carbocycles. The number of amides is 1. The minimum absolute atomic E-state index is 0.00153. The van der Waals surface area contributed by atoms with E-state index in [4.69, 9.17) is 16.3 Å². The summed E-state index contributed by atoms with van der Waals surface area (Å²) in [6.07, 6.45) is 4.52. The Kier molecular flexibility index (Phi) is 4.98. The van der Waals surface area contributed by atoms with E-state index in [1.165, 1.54) is 10.6 Å². The molecule has 0 N–H and O–H groups in total. The number of likely N-dealkylation sites (tertiary alicyclic amines) is 1. The predicted molar refractivity (Wildman–Crippen MR) is 115 cm³/mol. The average Bonchev–Trinajstić information content (AvgIpc) is 2.79. The monoisotopic (exact) mass is 437 g/mol. The van der Waals surface area contributed by atoms with E-state index >= 15 is 0 Å². The zero-order valence-corrected chi connectivity index (χ0v) is 17.4. The lowest BCUT2D eigenvalue weighted by Gasteiger charge is -2.38. The van der Waals surface area contributed by atoms with Crippen LogP contribution in [-0.4, -0.2) is 45.2 Å². The molecule has 2 atom stereocenters. The average molecular weight is 438 g/mol. The summed E-state index contributed by atoms with van der Waals surface area (Å²) in [5.74, 6) is 0.191. The lowest BCUT2D eigenvalue weighted by Crippen LogP contribution is -2.47. The molecule has 0 unspecified atom stereocenters. The quantitative estimate of drug-likeness (QED) is 0.614. The van der Waals surface area contributed by atoms with Crippen molar-refractivity contribution in [3.05, 3.63) is 75.3 Å². The van der Waals surface area contributed by atoms with Gasteiger partial charge in [-0.25, -0.2) is 4.98 Å². The first-order valence-corrected chi connectivity index (χ1v) is 10.6. The van der Waals surface area contributed by atoms with Gasteiger partial charge in [0.2, 0.25) is 0 Å². The van der Waals surface area contributed by atoms with Gasteiger partial charge in [-0.3, -0.25) is 18.8 Å². The van der Waals surface area contributed by atoms with Crippen molar-refractivity contribution in [3.63, 3.8) is 0 Å². The summed E-state index contributed by atoms with van der Waals surface area (Å²) in [5.41, 5.74) is 0.661. The van der Waals surface area contributed by atoms with Crippen molar-refractivity contribution in [2.45, 2.75) is 25.4 Å². The Morgan fingerprint density at radius 3 is 2.94 bits per heavy atom. The van der Waals surface area contributed by atoms with Crippen LogP contribution < -0.4 is 10.3 Å². The zero-order valence-electron chi connectivity index (χ0n) is 16.7. The van der Waals surface area contributed by atoms with Crippen LogP contribution in [0.15, 0.2) is 53.6 Å².